The number of nitrogens with one attached hydrogen (secondary N) is 1. The van der Waals surface area contributed by atoms with Gasteiger partial charge in [0.15, 0.2) is 5.58 Å². The smallest absolute Gasteiger partial charge is 0.206 e. The van der Waals surface area contributed by atoms with Crippen molar-refractivity contribution in [3.63, 3.8) is 0 Å². The Hall–Kier alpha value is -1.86. The molecule has 0 radical (unpaired) electrons. The first-order chi connectivity index (χ1) is 12.0. The zero-order valence-corrected chi connectivity index (χ0v) is 14.8. The zero-order chi connectivity index (χ0) is 17.6. The van der Waals surface area contributed by atoms with Crippen LogP contribution in [0.1, 0.15) is 17.4 Å². The Bertz CT molecular complexity index is 1040. The lowest BCUT2D eigenvalue weighted by atomic mass is 9.98. The van der Waals surface area contributed by atoms with Crippen LogP contribution in [-0.4, -0.2) is 26.7 Å². The predicted molar refractivity (Wildman–Crippen MR) is 94.7 cm³/mol. The molecule has 130 valence electrons. The molecule has 4 rings (SSSR count). The minimum Gasteiger partial charge on any atom is -0.459 e. The van der Waals surface area contributed by atoms with Gasteiger partial charge in [-0.05, 0) is 24.3 Å². The Kier molecular flexibility index (Phi) is 4.08. The zero-order valence-electron chi connectivity index (χ0n) is 13.2. The van der Waals surface area contributed by atoms with Crippen LogP contribution in [0, 0.1) is 0 Å². The molecule has 7 heteroatoms. The van der Waals surface area contributed by atoms with E-state index in [9.17, 15) is 13.5 Å². The Labute approximate surface area is 150 Å². The molecular weight excluding hydrogens is 362 g/mol. The van der Waals surface area contributed by atoms with E-state index in [1.807, 2.05) is 0 Å². The summed E-state index contributed by atoms with van der Waals surface area (Å²) in [4.78, 5) is 0.321. The van der Waals surface area contributed by atoms with Gasteiger partial charge in [-0.25, -0.2) is 8.42 Å². The second-order valence-corrected chi connectivity index (χ2v) is 8.33. The van der Waals surface area contributed by atoms with Gasteiger partial charge in [-0.2, -0.15) is 0 Å². The quantitative estimate of drug-likeness (QED) is 0.733. The summed E-state index contributed by atoms with van der Waals surface area (Å²) in [7, 11) is -3.69. The van der Waals surface area contributed by atoms with E-state index in [0.717, 1.165) is 11.3 Å². The maximum absolute atomic E-state index is 12.9. The van der Waals surface area contributed by atoms with Crippen molar-refractivity contribution >= 4 is 32.4 Å². The fourth-order valence-electron chi connectivity index (χ4n) is 3.28. The van der Waals surface area contributed by atoms with Gasteiger partial charge >= 0.3 is 0 Å². The summed E-state index contributed by atoms with van der Waals surface area (Å²) < 4.78 is 31.7. The van der Waals surface area contributed by atoms with Crippen molar-refractivity contribution in [1.29, 1.82) is 0 Å². The van der Waals surface area contributed by atoms with Gasteiger partial charge in [0, 0.05) is 23.9 Å². The average molecular weight is 378 g/mol. The van der Waals surface area contributed by atoms with Crippen LogP contribution in [0.25, 0.3) is 11.0 Å². The maximum atomic E-state index is 12.9. The third-order valence-corrected chi connectivity index (χ3v) is 6.50. The molecule has 0 amide bonds. The van der Waals surface area contributed by atoms with Gasteiger partial charge in [-0.3, -0.25) is 0 Å². The highest BCUT2D eigenvalue weighted by molar-refractivity contribution is 7.91. The van der Waals surface area contributed by atoms with E-state index in [4.69, 9.17) is 16.0 Å². The van der Waals surface area contributed by atoms with Gasteiger partial charge in [0.05, 0.1) is 27.5 Å². The van der Waals surface area contributed by atoms with Crippen LogP contribution in [0.4, 0.5) is 0 Å². The number of sulfone groups is 1. The fraction of sp³-hybridized carbons (Fsp3) is 0.222. The number of halogens is 1. The predicted octanol–water partition coefficient (Wildman–Crippen LogP) is 3.10. The summed E-state index contributed by atoms with van der Waals surface area (Å²) in [6.07, 6.45) is 0.664. The third-order valence-electron chi connectivity index (χ3n) is 4.47. The van der Waals surface area contributed by atoms with Crippen molar-refractivity contribution in [2.75, 3.05) is 13.2 Å². The molecule has 25 heavy (non-hydrogen) atoms. The number of hydrogen-bond donors (Lipinski definition) is 2. The molecule has 1 aliphatic heterocycles. The first-order valence-corrected chi connectivity index (χ1v) is 9.77. The largest absolute Gasteiger partial charge is 0.459 e. The topological polar surface area (TPSA) is 79.5 Å². The number of fused-ring (bicyclic) bond motifs is 3. The molecule has 2 aromatic carbocycles. The summed E-state index contributed by atoms with van der Waals surface area (Å²) in [5.74, 6) is 0.740. The fourth-order valence-corrected chi connectivity index (χ4v) is 4.93. The standard InChI is InChI=1S/C18H16ClNO4S/c19-14-9-12(25(22,23)11-4-2-1-3-5-11)8-13-17-15(10-21)20-7-6-16(17)24-18(13)14/h1-5,8-9,15,20-21H,6-7,10H2. The van der Waals surface area contributed by atoms with E-state index in [2.05, 4.69) is 5.32 Å². The van der Waals surface area contributed by atoms with Crippen molar-refractivity contribution in [1.82, 2.24) is 5.32 Å². The van der Waals surface area contributed by atoms with Crippen LogP contribution in [-0.2, 0) is 16.3 Å². The maximum Gasteiger partial charge on any atom is 0.206 e. The lowest BCUT2D eigenvalue weighted by Gasteiger charge is -2.21. The molecule has 3 aromatic rings. The van der Waals surface area contributed by atoms with E-state index >= 15 is 0 Å². The SMILES string of the molecule is O=S(=O)(c1ccccc1)c1cc(Cl)c2oc3c(c2c1)C(CO)NCC3. The van der Waals surface area contributed by atoms with E-state index in [1.165, 1.54) is 6.07 Å². The summed E-state index contributed by atoms with van der Waals surface area (Å²) in [6, 6.07) is 10.9. The summed E-state index contributed by atoms with van der Waals surface area (Å²) in [6.45, 7) is 0.583. The monoisotopic (exact) mass is 377 g/mol. The number of aliphatic hydroxyl groups excluding tert-OH is 1. The molecule has 2 heterocycles. The Morgan fingerprint density at radius 1 is 1.20 bits per heavy atom. The highest BCUT2D eigenvalue weighted by Gasteiger charge is 2.28. The molecular formula is C18H16ClNO4S. The molecule has 0 bridgehead atoms. The van der Waals surface area contributed by atoms with Gasteiger partial charge < -0.3 is 14.8 Å². The van der Waals surface area contributed by atoms with Crippen molar-refractivity contribution in [3.8, 4) is 0 Å². The minimum atomic E-state index is -3.69. The summed E-state index contributed by atoms with van der Waals surface area (Å²) in [5, 5.41) is 13.7. The number of hydrogen-bond acceptors (Lipinski definition) is 5. The molecule has 2 N–H and O–H groups in total. The highest BCUT2D eigenvalue weighted by Crippen LogP contribution is 2.39. The molecule has 1 unspecified atom stereocenters. The molecule has 0 spiro atoms. The molecule has 1 atom stereocenters. The van der Waals surface area contributed by atoms with Crippen LogP contribution in [0.3, 0.4) is 0 Å². The Morgan fingerprint density at radius 2 is 1.96 bits per heavy atom. The van der Waals surface area contributed by atoms with Crippen LogP contribution in [0.2, 0.25) is 5.02 Å². The van der Waals surface area contributed by atoms with Crippen LogP contribution in [0.15, 0.2) is 56.7 Å². The molecule has 0 aliphatic carbocycles. The number of aliphatic hydroxyl groups is 1. The first kappa shape index (κ1) is 16.6. The van der Waals surface area contributed by atoms with Gasteiger partial charge in [0.2, 0.25) is 9.84 Å². The molecule has 1 aromatic heterocycles. The number of furan rings is 1. The van der Waals surface area contributed by atoms with Crippen LogP contribution >= 0.6 is 11.6 Å². The Morgan fingerprint density at radius 3 is 2.68 bits per heavy atom. The van der Waals surface area contributed by atoms with Gasteiger partial charge in [-0.15, -0.1) is 0 Å². The third kappa shape index (κ3) is 2.66. The van der Waals surface area contributed by atoms with Gasteiger partial charge in [0.1, 0.15) is 5.76 Å². The van der Waals surface area contributed by atoms with E-state index in [-0.39, 0.29) is 27.5 Å². The van der Waals surface area contributed by atoms with Crippen molar-refractivity contribution in [3.05, 3.63) is 58.8 Å². The number of benzene rings is 2. The van der Waals surface area contributed by atoms with Gasteiger partial charge in [-0.1, -0.05) is 29.8 Å². The minimum absolute atomic E-state index is 0.102. The van der Waals surface area contributed by atoms with Crippen molar-refractivity contribution < 1.29 is 17.9 Å². The molecule has 5 nitrogen and oxygen atoms in total. The highest BCUT2D eigenvalue weighted by atomic mass is 35.5. The molecule has 0 saturated carbocycles. The normalized spacial score (nSPS) is 17.6. The van der Waals surface area contributed by atoms with Crippen LogP contribution in [0.5, 0.6) is 0 Å². The summed E-state index contributed by atoms with van der Waals surface area (Å²) >= 11 is 6.33. The molecule has 0 saturated heterocycles. The lowest BCUT2D eigenvalue weighted by molar-refractivity contribution is 0.237. The van der Waals surface area contributed by atoms with E-state index < -0.39 is 9.84 Å². The van der Waals surface area contributed by atoms with Crippen molar-refractivity contribution in [2.24, 2.45) is 0 Å². The van der Waals surface area contributed by atoms with E-state index in [1.54, 1.807) is 36.4 Å². The second-order valence-electron chi connectivity index (χ2n) is 5.98. The second kappa shape index (κ2) is 6.14. The van der Waals surface area contributed by atoms with Gasteiger partial charge in [0.25, 0.3) is 0 Å². The first-order valence-electron chi connectivity index (χ1n) is 7.91. The average Bonchev–Trinajstić information content (AvgIpc) is 3.02. The lowest BCUT2D eigenvalue weighted by Crippen LogP contribution is -2.31. The van der Waals surface area contributed by atoms with E-state index in [0.29, 0.717) is 23.9 Å². The molecule has 1 aliphatic rings. The molecule has 0 fully saturated rings. The summed E-state index contributed by atoms with van der Waals surface area (Å²) in [5.41, 5.74) is 1.25. The van der Waals surface area contributed by atoms with Crippen LogP contribution < -0.4 is 5.32 Å². The Balaban J connectivity index is 1.96. The number of rotatable bonds is 3. The van der Waals surface area contributed by atoms with Crippen molar-refractivity contribution in [2.45, 2.75) is 22.3 Å².